The Morgan fingerprint density at radius 3 is 2.85 bits per heavy atom. The number of ether oxygens (including phenoxy) is 1. The second-order valence-corrected chi connectivity index (χ2v) is 7.93. The molecule has 3 heterocycles. The van der Waals surface area contributed by atoms with E-state index >= 15 is 0 Å². The minimum absolute atomic E-state index is 0.770. The normalized spacial score (nSPS) is 15.3. The van der Waals surface area contributed by atoms with Gasteiger partial charge in [-0.3, -0.25) is 0 Å². The number of anilines is 2. The number of H-pyrrole nitrogens is 1. The van der Waals surface area contributed by atoms with Crippen LogP contribution in [0.1, 0.15) is 13.3 Å². The highest BCUT2D eigenvalue weighted by molar-refractivity contribution is 7.73. The van der Waals surface area contributed by atoms with Crippen LogP contribution in [0.5, 0.6) is 0 Å². The van der Waals surface area contributed by atoms with E-state index in [4.69, 9.17) is 17.0 Å². The molecule has 0 radical (unpaired) electrons. The molecule has 1 fully saturated rings. The first kappa shape index (κ1) is 19.2. The first-order valence-electron chi connectivity index (χ1n) is 9.20. The largest absolute Gasteiger partial charge is 0.382 e. The van der Waals surface area contributed by atoms with Crippen molar-refractivity contribution in [3.63, 3.8) is 0 Å². The maximum Gasteiger partial charge on any atom is 0.204 e. The van der Waals surface area contributed by atoms with Gasteiger partial charge in [-0.1, -0.05) is 11.3 Å². The summed E-state index contributed by atoms with van der Waals surface area (Å²) in [5.74, 6) is 0. The molecule has 0 atom stereocenters. The fraction of sp³-hybridized carbons (Fsp3) is 0.588. The van der Waals surface area contributed by atoms with Gasteiger partial charge >= 0.3 is 0 Å². The molecule has 0 amide bonds. The van der Waals surface area contributed by atoms with Crippen LogP contribution in [0.2, 0.25) is 0 Å². The standard InChI is InChI=1S/C17H26N6OS2/c1-2-24-13-3-6-19-16-20-23(17(25)26-16)14-21-9-11-22(12-10-21)15-4-7-18-8-5-15/h4-5,7-8H,2-3,6,9-14H2,1H3,(H,19,20)/p+2. The lowest BCUT2D eigenvalue weighted by Crippen LogP contribution is -3.14. The van der Waals surface area contributed by atoms with Crippen LogP contribution in [-0.4, -0.2) is 55.7 Å². The lowest BCUT2D eigenvalue weighted by molar-refractivity contribution is -0.924. The molecule has 2 aromatic rings. The predicted molar refractivity (Wildman–Crippen MR) is 106 cm³/mol. The third kappa shape index (κ3) is 5.47. The van der Waals surface area contributed by atoms with Gasteiger partial charge in [0.1, 0.15) is 0 Å². The Hall–Kier alpha value is -1.55. The molecular weight excluding hydrogens is 368 g/mol. The molecule has 0 aliphatic carbocycles. The SMILES string of the molecule is CCOCCCNc1nn(C[NH+]2CCN(c3cc[nH+]cc3)CC2)c(=S)s1. The zero-order valence-corrected chi connectivity index (χ0v) is 16.9. The quantitative estimate of drug-likeness (QED) is 0.482. The summed E-state index contributed by atoms with van der Waals surface area (Å²) in [6.07, 6.45) is 4.93. The highest BCUT2D eigenvalue weighted by atomic mass is 32.1. The van der Waals surface area contributed by atoms with Gasteiger partial charge in [-0.2, -0.15) is 4.68 Å². The van der Waals surface area contributed by atoms with Crippen molar-refractivity contribution in [3.8, 4) is 0 Å². The average molecular weight is 397 g/mol. The Bertz CT molecular complexity index is 712. The maximum absolute atomic E-state index is 5.49. The van der Waals surface area contributed by atoms with Crippen molar-refractivity contribution in [2.24, 2.45) is 0 Å². The fourth-order valence-corrected chi connectivity index (χ4v) is 4.06. The third-order valence-corrected chi connectivity index (χ3v) is 5.73. The molecule has 0 aromatic carbocycles. The van der Waals surface area contributed by atoms with E-state index < -0.39 is 0 Å². The molecule has 1 saturated heterocycles. The Labute approximate surface area is 163 Å². The van der Waals surface area contributed by atoms with E-state index in [0.29, 0.717) is 0 Å². The van der Waals surface area contributed by atoms with E-state index in [1.807, 2.05) is 24.0 Å². The number of rotatable bonds is 9. The molecule has 1 aliphatic heterocycles. The topological polar surface area (TPSA) is 60.9 Å². The molecule has 0 unspecified atom stereocenters. The van der Waals surface area contributed by atoms with Crippen molar-refractivity contribution < 1.29 is 14.6 Å². The van der Waals surface area contributed by atoms with Crippen LogP contribution in [0, 0.1) is 3.95 Å². The van der Waals surface area contributed by atoms with Crippen molar-refractivity contribution in [1.82, 2.24) is 9.78 Å². The summed E-state index contributed by atoms with van der Waals surface area (Å²) in [4.78, 5) is 7.03. The second-order valence-electron chi connectivity index (χ2n) is 6.30. The van der Waals surface area contributed by atoms with Crippen molar-refractivity contribution in [2.75, 3.05) is 56.2 Å². The molecule has 0 saturated carbocycles. The number of hydrogen-bond acceptors (Lipinski definition) is 6. The van der Waals surface area contributed by atoms with Crippen LogP contribution in [0.4, 0.5) is 10.8 Å². The van der Waals surface area contributed by atoms with Crippen molar-refractivity contribution in [1.29, 1.82) is 0 Å². The van der Waals surface area contributed by atoms with E-state index in [0.717, 1.165) is 68.1 Å². The molecule has 3 N–H and O–H groups in total. The maximum atomic E-state index is 5.49. The van der Waals surface area contributed by atoms with E-state index in [2.05, 4.69) is 32.4 Å². The van der Waals surface area contributed by atoms with Crippen LogP contribution >= 0.6 is 23.6 Å². The van der Waals surface area contributed by atoms with Gasteiger partial charge in [0.25, 0.3) is 0 Å². The number of aromatic nitrogens is 3. The van der Waals surface area contributed by atoms with Crippen molar-refractivity contribution >= 4 is 34.4 Å². The molecule has 0 spiro atoms. The first-order chi connectivity index (χ1) is 12.8. The lowest BCUT2D eigenvalue weighted by atomic mass is 10.3. The Balaban J connectivity index is 1.45. The summed E-state index contributed by atoms with van der Waals surface area (Å²) in [6.45, 7) is 9.56. The molecule has 1 aliphatic rings. The van der Waals surface area contributed by atoms with E-state index in [1.165, 1.54) is 10.6 Å². The molecule has 7 nitrogen and oxygen atoms in total. The Kier molecular flexibility index (Phi) is 7.36. The number of nitrogens with zero attached hydrogens (tertiary/aromatic N) is 3. The van der Waals surface area contributed by atoms with Crippen molar-refractivity contribution in [3.05, 3.63) is 28.5 Å². The summed E-state index contributed by atoms with van der Waals surface area (Å²) >= 11 is 7.04. The number of quaternary nitrogens is 1. The monoisotopic (exact) mass is 396 g/mol. The highest BCUT2D eigenvalue weighted by Gasteiger charge is 2.21. The zero-order chi connectivity index (χ0) is 18.2. The minimum Gasteiger partial charge on any atom is -0.382 e. The van der Waals surface area contributed by atoms with Crippen LogP contribution in [0.3, 0.4) is 0 Å². The van der Waals surface area contributed by atoms with E-state index in [1.54, 1.807) is 11.3 Å². The van der Waals surface area contributed by atoms with Gasteiger partial charge in [-0.05, 0) is 25.6 Å². The predicted octanol–water partition coefficient (Wildman–Crippen LogP) is 0.689. The van der Waals surface area contributed by atoms with Gasteiger partial charge in [-0.15, -0.1) is 5.10 Å². The summed E-state index contributed by atoms with van der Waals surface area (Å²) < 4.78 is 8.15. The average Bonchev–Trinajstić information content (AvgIpc) is 3.02. The number of hydrogen-bond donors (Lipinski definition) is 2. The number of pyridine rings is 1. The Morgan fingerprint density at radius 1 is 1.35 bits per heavy atom. The highest BCUT2D eigenvalue weighted by Crippen LogP contribution is 2.14. The number of aromatic amines is 1. The number of nitrogens with one attached hydrogen (secondary N) is 3. The summed E-state index contributed by atoms with van der Waals surface area (Å²) in [6, 6.07) is 4.26. The van der Waals surface area contributed by atoms with E-state index in [9.17, 15) is 0 Å². The molecule has 26 heavy (non-hydrogen) atoms. The smallest absolute Gasteiger partial charge is 0.204 e. The fourth-order valence-electron chi connectivity index (χ4n) is 3.03. The molecule has 0 bridgehead atoms. The van der Waals surface area contributed by atoms with Gasteiger partial charge < -0.3 is 19.9 Å². The van der Waals surface area contributed by atoms with Gasteiger partial charge in [-0.25, -0.2) is 4.98 Å². The number of piperazine rings is 1. The third-order valence-electron chi connectivity index (χ3n) is 4.46. The van der Waals surface area contributed by atoms with Crippen molar-refractivity contribution in [2.45, 2.75) is 20.0 Å². The van der Waals surface area contributed by atoms with Gasteiger partial charge in [0.2, 0.25) is 5.13 Å². The minimum atomic E-state index is 0.770. The lowest BCUT2D eigenvalue weighted by Gasteiger charge is -2.33. The molecule has 142 valence electrons. The van der Waals surface area contributed by atoms with Crippen LogP contribution < -0.4 is 20.1 Å². The van der Waals surface area contributed by atoms with Crippen LogP contribution in [0.25, 0.3) is 0 Å². The summed E-state index contributed by atoms with van der Waals surface area (Å²) in [7, 11) is 0. The molecule has 3 rings (SSSR count). The molecule has 2 aromatic heterocycles. The van der Waals surface area contributed by atoms with Gasteiger partial charge in [0.05, 0.1) is 26.2 Å². The van der Waals surface area contributed by atoms with Crippen LogP contribution in [-0.2, 0) is 11.4 Å². The van der Waals surface area contributed by atoms with E-state index in [-0.39, 0.29) is 0 Å². The Morgan fingerprint density at radius 2 is 2.12 bits per heavy atom. The van der Waals surface area contributed by atoms with Crippen LogP contribution in [0.15, 0.2) is 24.5 Å². The summed E-state index contributed by atoms with van der Waals surface area (Å²) in [5.41, 5.74) is 1.28. The summed E-state index contributed by atoms with van der Waals surface area (Å²) in [5, 5.41) is 8.90. The second kappa shape index (κ2) is 9.96. The zero-order valence-electron chi connectivity index (χ0n) is 15.2. The van der Waals surface area contributed by atoms with Gasteiger partial charge in [0, 0.05) is 37.6 Å². The molecular formula is C17H28N6OS2+2. The van der Waals surface area contributed by atoms with Gasteiger partial charge in [0.15, 0.2) is 23.0 Å². The molecule has 9 heteroatoms. The first-order valence-corrected chi connectivity index (χ1v) is 10.4.